The van der Waals surface area contributed by atoms with E-state index in [1.54, 1.807) is 23.3 Å². The summed E-state index contributed by atoms with van der Waals surface area (Å²) in [4.78, 5) is 16.7. The summed E-state index contributed by atoms with van der Waals surface area (Å²) < 4.78 is 2.57. The van der Waals surface area contributed by atoms with E-state index >= 15 is 0 Å². The molecule has 1 N–H and O–H groups in total. The minimum absolute atomic E-state index is 0.168. The molecule has 118 valence electrons. The molecule has 4 aromatic rings. The van der Waals surface area contributed by atoms with E-state index in [-0.39, 0.29) is 5.91 Å². The maximum atomic E-state index is 12.5. The number of hydrogen-bond donors (Lipinski definition) is 1. The van der Waals surface area contributed by atoms with Gasteiger partial charge in [-0.2, -0.15) is 0 Å². The van der Waals surface area contributed by atoms with Crippen molar-refractivity contribution in [1.29, 1.82) is 0 Å². The molecule has 0 spiro atoms. The van der Waals surface area contributed by atoms with E-state index < -0.39 is 0 Å². The van der Waals surface area contributed by atoms with Gasteiger partial charge in [-0.15, -0.1) is 16.4 Å². The van der Waals surface area contributed by atoms with Gasteiger partial charge in [0.05, 0.1) is 15.7 Å². The molecule has 0 radical (unpaired) electrons. The minimum atomic E-state index is -0.168. The Morgan fingerprint density at radius 1 is 1.21 bits per heavy atom. The van der Waals surface area contributed by atoms with Crippen LogP contribution < -0.4 is 5.32 Å². The van der Waals surface area contributed by atoms with Crippen molar-refractivity contribution in [1.82, 2.24) is 25.2 Å². The molecule has 2 aromatic heterocycles. The Labute approximate surface area is 141 Å². The van der Waals surface area contributed by atoms with Crippen molar-refractivity contribution < 1.29 is 4.79 Å². The van der Waals surface area contributed by atoms with Crippen molar-refractivity contribution in [3.05, 3.63) is 53.5 Å². The quantitative estimate of drug-likeness (QED) is 0.622. The molecule has 2 aromatic carbocycles. The summed E-state index contributed by atoms with van der Waals surface area (Å²) >= 11 is 1.51. The van der Waals surface area contributed by atoms with Crippen LogP contribution in [0.1, 0.15) is 10.4 Å². The molecule has 0 saturated carbocycles. The summed E-state index contributed by atoms with van der Waals surface area (Å²) in [5.74, 6) is 0.468. The number of nitrogens with one attached hydrogen (secondary N) is 1. The molecule has 0 aliphatic heterocycles. The first-order chi connectivity index (χ1) is 11.7. The Balaban J connectivity index is 1.60. The molecule has 0 aliphatic carbocycles. The SMILES string of the molecule is Cn1nnnc1-c1cccc(NC(=O)c2ccc3ncsc3c2)c1. The number of tetrazole rings is 1. The number of aromatic nitrogens is 5. The fourth-order valence-corrected chi connectivity index (χ4v) is 3.13. The van der Waals surface area contributed by atoms with E-state index in [1.165, 1.54) is 11.3 Å². The molecule has 0 bridgehead atoms. The Morgan fingerprint density at radius 2 is 2.12 bits per heavy atom. The lowest BCUT2D eigenvalue weighted by molar-refractivity contribution is 0.102. The first-order valence-electron chi connectivity index (χ1n) is 7.18. The predicted molar refractivity (Wildman–Crippen MR) is 91.8 cm³/mol. The zero-order valence-electron chi connectivity index (χ0n) is 12.7. The maximum absolute atomic E-state index is 12.5. The second-order valence-corrected chi connectivity index (χ2v) is 6.08. The largest absolute Gasteiger partial charge is 0.322 e. The van der Waals surface area contributed by atoms with Crippen LogP contribution in [0.25, 0.3) is 21.6 Å². The van der Waals surface area contributed by atoms with Crippen LogP contribution in [-0.4, -0.2) is 31.1 Å². The van der Waals surface area contributed by atoms with Gasteiger partial charge in [0.1, 0.15) is 0 Å². The number of fused-ring (bicyclic) bond motifs is 1. The van der Waals surface area contributed by atoms with E-state index in [9.17, 15) is 4.79 Å². The van der Waals surface area contributed by atoms with Crippen molar-refractivity contribution in [3.63, 3.8) is 0 Å². The highest BCUT2D eigenvalue weighted by Crippen LogP contribution is 2.22. The van der Waals surface area contributed by atoms with Crippen LogP contribution >= 0.6 is 11.3 Å². The minimum Gasteiger partial charge on any atom is -0.322 e. The van der Waals surface area contributed by atoms with E-state index in [0.717, 1.165) is 15.8 Å². The lowest BCUT2D eigenvalue weighted by atomic mass is 10.1. The van der Waals surface area contributed by atoms with Crippen LogP contribution in [0.15, 0.2) is 48.0 Å². The van der Waals surface area contributed by atoms with Gasteiger partial charge in [-0.1, -0.05) is 12.1 Å². The average molecular weight is 336 g/mol. The van der Waals surface area contributed by atoms with Crippen molar-refractivity contribution in [3.8, 4) is 11.4 Å². The first kappa shape index (κ1) is 14.5. The molecule has 2 heterocycles. The van der Waals surface area contributed by atoms with E-state index in [1.807, 2.05) is 36.4 Å². The topological polar surface area (TPSA) is 85.6 Å². The standard InChI is InChI=1S/C16H12N6OS/c1-22-15(19-20-21-22)10-3-2-4-12(7-10)18-16(23)11-5-6-13-14(8-11)24-9-17-13/h2-9H,1H3,(H,18,23). The molecular weight excluding hydrogens is 324 g/mol. The molecule has 24 heavy (non-hydrogen) atoms. The van der Waals surface area contributed by atoms with Gasteiger partial charge in [-0.25, -0.2) is 9.67 Å². The Bertz CT molecular complexity index is 1040. The van der Waals surface area contributed by atoms with Crippen LogP contribution in [0, 0.1) is 0 Å². The fraction of sp³-hybridized carbons (Fsp3) is 0.0625. The van der Waals surface area contributed by atoms with Gasteiger partial charge < -0.3 is 5.32 Å². The number of amides is 1. The number of nitrogens with zero attached hydrogens (tertiary/aromatic N) is 5. The fourth-order valence-electron chi connectivity index (χ4n) is 2.41. The highest BCUT2D eigenvalue weighted by atomic mass is 32.1. The molecule has 0 saturated heterocycles. The number of anilines is 1. The van der Waals surface area contributed by atoms with Gasteiger partial charge in [-0.3, -0.25) is 4.79 Å². The first-order valence-corrected chi connectivity index (χ1v) is 8.06. The number of benzene rings is 2. The van der Waals surface area contributed by atoms with Gasteiger partial charge in [-0.05, 0) is 40.8 Å². The van der Waals surface area contributed by atoms with Crippen molar-refractivity contribution in [2.24, 2.45) is 7.05 Å². The number of carbonyl (C=O) groups excluding carboxylic acids is 1. The van der Waals surface area contributed by atoms with Crippen LogP contribution in [0.3, 0.4) is 0 Å². The molecule has 0 fully saturated rings. The predicted octanol–water partition coefficient (Wildman–Crippen LogP) is 2.74. The van der Waals surface area contributed by atoms with Gasteiger partial charge in [0.15, 0.2) is 5.82 Å². The average Bonchev–Trinajstić information content (AvgIpc) is 3.22. The number of aryl methyl sites for hydroxylation is 1. The Kier molecular flexibility index (Phi) is 3.51. The molecule has 7 nitrogen and oxygen atoms in total. The highest BCUT2D eigenvalue weighted by molar-refractivity contribution is 7.16. The van der Waals surface area contributed by atoms with Gasteiger partial charge in [0.25, 0.3) is 5.91 Å². The molecule has 4 rings (SSSR count). The summed E-state index contributed by atoms with van der Waals surface area (Å²) in [6.45, 7) is 0. The zero-order valence-corrected chi connectivity index (χ0v) is 13.5. The summed E-state index contributed by atoms with van der Waals surface area (Å²) in [5.41, 5.74) is 4.78. The summed E-state index contributed by atoms with van der Waals surface area (Å²) in [6, 6.07) is 12.9. The monoisotopic (exact) mass is 336 g/mol. The van der Waals surface area contributed by atoms with Crippen molar-refractivity contribution in [2.45, 2.75) is 0 Å². The number of rotatable bonds is 3. The number of carbonyl (C=O) groups is 1. The van der Waals surface area contributed by atoms with Crippen LogP contribution in [0.4, 0.5) is 5.69 Å². The third-order valence-electron chi connectivity index (χ3n) is 3.59. The van der Waals surface area contributed by atoms with Crippen LogP contribution in [0.2, 0.25) is 0 Å². The molecule has 0 aliphatic rings. The summed E-state index contributed by atoms with van der Waals surface area (Å²) in [7, 11) is 1.77. The normalized spacial score (nSPS) is 10.9. The summed E-state index contributed by atoms with van der Waals surface area (Å²) in [6.07, 6.45) is 0. The van der Waals surface area contributed by atoms with Crippen LogP contribution in [0.5, 0.6) is 0 Å². The molecule has 0 unspecified atom stereocenters. The molecule has 1 amide bonds. The second kappa shape index (κ2) is 5.82. The number of hydrogen-bond acceptors (Lipinski definition) is 6. The van der Waals surface area contributed by atoms with Crippen LogP contribution in [-0.2, 0) is 7.05 Å². The third-order valence-corrected chi connectivity index (χ3v) is 4.38. The second-order valence-electron chi connectivity index (χ2n) is 5.20. The third kappa shape index (κ3) is 2.63. The van der Waals surface area contributed by atoms with E-state index in [2.05, 4.69) is 25.8 Å². The van der Waals surface area contributed by atoms with Crippen molar-refractivity contribution >= 4 is 33.1 Å². The molecule has 0 atom stereocenters. The summed E-state index contributed by atoms with van der Waals surface area (Å²) in [5, 5.41) is 14.3. The maximum Gasteiger partial charge on any atom is 0.255 e. The van der Waals surface area contributed by atoms with Gasteiger partial charge >= 0.3 is 0 Å². The smallest absolute Gasteiger partial charge is 0.255 e. The molecule has 8 heteroatoms. The van der Waals surface area contributed by atoms with E-state index in [0.29, 0.717) is 17.1 Å². The zero-order chi connectivity index (χ0) is 16.5. The van der Waals surface area contributed by atoms with Gasteiger partial charge in [0, 0.05) is 23.9 Å². The van der Waals surface area contributed by atoms with E-state index in [4.69, 9.17) is 0 Å². The van der Waals surface area contributed by atoms with Gasteiger partial charge in [0.2, 0.25) is 0 Å². The Morgan fingerprint density at radius 3 is 2.96 bits per heavy atom. The molecular formula is C16H12N6OS. The van der Waals surface area contributed by atoms with Crippen molar-refractivity contribution in [2.75, 3.05) is 5.32 Å². The number of thiazole rings is 1. The highest BCUT2D eigenvalue weighted by Gasteiger charge is 2.10. The Hall–Kier alpha value is -3.13. The lowest BCUT2D eigenvalue weighted by Gasteiger charge is -2.07. The lowest BCUT2D eigenvalue weighted by Crippen LogP contribution is -2.11.